The summed E-state index contributed by atoms with van der Waals surface area (Å²) in [5.74, 6) is 1.50. The van der Waals surface area contributed by atoms with Crippen LogP contribution in [0.25, 0.3) is 0 Å². The van der Waals surface area contributed by atoms with Crippen LogP contribution < -0.4 is 10.6 Å². The molecule has 1 unspecified atom stereocenters. The van der Waals surface area contributed by atoms with Crippen LogP contribution >= 0.6 is 0 Å². The fraction of sp³-hybridized carbons (Fsp3) is 0.786. The molecule has 0 aliphatic carbocycles. The molecule has 5 heteroatoms. The second kappa shape index (κ2) is 4.71. The van der Waals surface area contributed by atoms with Crippen LogP contribution in [0.15, 0.2) is 0 Å². The number of rotatable bonds is 2. The molecule has 0 aromatic carbocycles. The molecule has 2 fully saturated rings. The lowest BCUT2D eigenvalue weighted by atomic mass is 10.1. The summed E-state index contributed by atoms with van der Waals surface area (Å²) in [7, 11) is 2.01. The zero-order chi connectivity index (χ0) is 13.6. The van der Waals surface area contributed by atoms with Gasteiger partial charge in [0.2, 0.25) is 0 Å². The van der Waals surface area contributed by atoms with Gasteiger partial charge in [0.1, 0.15) is 0 Å². The third kappa shape index (κ3) is 2.10. The monoisotopic (exact) mass is 263 g/mol. The number of nitrogens with two attached hydrogens (primary N) is 1. The number of fused-ring (bicyclic) bond motifs is 1. The fourth-order valence-corrected chi connectivity index (χ4v) is 3.54. The number of piperazine rings is 1. The Balaban J connectivity index is 1.86. The average Bonchev–Trinajstić information content (AvgIpc) is 2.93. The first-order chi connectivity index (χ1) is 9.08. The molecule has 0 radical (unpaired) electrons. The highest BCUT2D eigenvalue weighted by atomic mass is 15.4. The SMILES string of the molecule is CC(C)c1nn(C)c(N2CCN3CCCC3C2)c1N. The van der Waals surface area contributed by atoms with Gasteiger partial charge in [0, 0.05) is 32.7 Å². The van der Waals surface area contributed by atoms with E-state index in [1.54, 1.807) is 0 Å². The van der Waals surface area contributed by atoms with Crippen molar-refractivity contribution in [2.24, 2.45) is 7.05 Å². The maximum Gasteiger partial charge on any atom is 0.150 e. The minimum Gasteiger partial charge on any atom is -0.394 e. The second-order valence-corrected chi connectivity index (χ2v) is 6.18. The molecule has 3 rings (SSSR count). The largest absolute Gasteiger partial charge is 0.394 e. The van der Waals surface area contributed by atoms with E-state index in [0.29, 0.717) is 12.0 Å². The van der Waals surface area contributed by atoms with Crippen LogP contribution in [-0.2, 0) is 7.05 Å². The van der Waals surface area contributed by atoms with Crippen LogP contribution in [0.2, 0.25) is 0 Å². The molecule has 1 atom stereocenters. The quantitative estimate of drug-likeness (QED) is 0.876. The summed E-state index contributed by atoms with van der Waals surface area (Å²) in [5, 5.41) is 4.61. The van der Waals surface area contributed by atoms with Gasteiger partial charge in [-0.25, -0.2) is 0 Å². The molecule has 106 valence electrons. The Morgan fingerprint density at radius 2 is 2.05 bits per heavy atom. The number of nitrogen functional groups attached to an aromatic ring is 1. The molecule has 0 amide bonds. The minimum atomic E-state index is 0.382. The van der Waals surface area contributed by atoms with E-state index in [0.717, 1.165) is 36.8 Å². The third-order valence-electron chi connectivity index (χ3n) is 4.51. The van der Waals surface area contributed by atoms with Gasteiger partial charge in [0.15, 0.2) is 5.82 Å². The van der Waals surface area contributed by atoms with Crippen molar-refractivity contribution in [1.82, 2.24) is 14.7 Å². The molecule has 2 aliphatic rings. The number of aromatic nitrogens is 2. The van der Waals surface area contributed by atoms with E-state index >= 15 is 0 Å². The predicted octanol–water partition coefficient (Wildman–Crippen LogP) is 1.41. The maximum absolute atomic E-state index is 6.33. The fourth-order valence-electron chi connectivity index (χ4n) is 3.54. The van der Waals surface area contributed by atoms with Gasteiger partial charge >= 0.3 is 0 Å². The first-order valence-corrected chi connectivity index (χ1v) is 7.39. The molecule has 3 heterocycles. The van der Waals surface area contributed by atoms with E-state index in [9.17, 15) is 0 Å². The van der Waals surface area contributed by atoms with Crippen LogP contribution in [0, 0.1) is 0 Å². The van der Waals surface area contributed by atoms with E-state index < -0.39 is 0 Å². The van der Waals surface area contributed by atoms with Gasteiger partial charge in [-0.15, -0.1) is 0 Å². The molecule has 2 N–H and O–H groups in total. The Kier molecular flexibility index (Phi) is 3.17. The average molecular weight is 263 g/mol. The smallest absolute Gasteiger partial charge is 0.150 e. The van der Waals surface area contributed by atoms with E-state index in [1.807, 2.05) is 11.7 Å². The van der Waals surface area contributed by atoms with Crippen LogP contribution in [-0.4, -0.2) is 46.9 Å². The first-order valence-electron chi connectivity index (χ1n) is 7.39. The van der Waals surface area contributed by atoms with Gasteiger partial charge in [-0.2, -0.15) is 5.10 Å². The first kappa shape index (κ1) is 12.8. The summed E-state index contributed by atoms with van der Waals surface area (Å²) in [6.45, 7) is 8.90. The standard InChI is InChI=1S/C14H25N5/c1-10(2)13-12(15)14(17(3)16-13)19-8-7-18-6-4-5-11(18)9-19/h10-11H,4-9,15H2,1-3H3. The van der Waals surface area contributed by atoms with Gasteiger partial charge in [-0.05, 0) is 25.3 Å². The van der Waals surface area contributed by atoms with Crippen molar-refractivity contribution in [1.29, 1.82) is 0 Å². The van der Waals surface area contributed by atoms with Gasteiger partial charge in [-0.3, -0.25) is 9.58 Å². The van der Waals surface area contributed by atoms with Gasteiger partial charge in [0.05, 0.1) is 11.4 Å². The molecular formula is C14H25N5. The lowest BCUT2D eigenvalue weighted by molar-refractivity contribution is 0.229. The summed E-state index contributed by atoms with van der Waals surface area (Å²) in [6, 6.07) is 0.713. The van der Waals surface area contributed by atoms with E-state index in [2.05, 4.69) is 28.7 Å². The second-order valence-electron chi connectivity index (χ2n) is 6.18. The normalized spacial score (nSPS) is 24.2. The van der Waals surface area contributed by atoms with E-state index in [-0.39, 0.29) is 0 Å². The highest BCUT2D eigenvalue weighted by molar-refractivity contribution is 5.67. The van der Waals surface area contributed by atoms with Crippen molar-refractivity contribution in [3.05, 3.63) is 5.69 Å². The molecule has 1 aromatic rings. The zero-order valence-corrected chi connectivity index (χ0v) is 12.3. The number of nitrogens with zero attached hydrogens (tertiary/aromatic N) is 4. The Hall–Kier alpha value is -1.23. The molecular weight excluding hydrogens is 238 g/mol. The molecule has 0 saturated carbocycles. The third-order valence-corrected chi connectivity index (χ3v) is 4.51. The Morgan fingerprint density at radius 1 is 1.26 bits per heavy atom. The van der Waals surface area contributed by atoms with E-state index in [1.165, 1.54) is 19.4 Å². The number of anilines is 2. The number of aryl methyl sites for hydroxylation is 1. The molecule has 2 aliphatic heterocycles. The number of hydrogen-bond acceptors (Lipinski definition) is 4. The summed E-state index contributed by atoms with van der Waals surface area (Å²) in [4.78, 5) is 5.05. The number of hydrogen-bond donors (Lipinski definition) is 1. The molecule has 2 saturated heterocycles. The van der Waals surface area contributed by atoms with Gasteiger partial charge in [-0.1, -0.05) is 13.8 Å². The van der Waals surface area contributed by atoms with Crippen molar-refractivity contribution in [2.45, 2.75) is 38.6 Å². The summed E-state index contributed by atoms with van der Waals surface area (Å²) >= 11 is 0. The topological polar surface area (TPSA) is 50.3 Å². The molecule has 1 aromatic heterocycles. The van der Waals surface area contributed by atoms with Crippen molar-refractivity contribution in [3.8, 4) is 0 Å². The van der Waals surface area contributed by atoms with E-state index in [4.69, 9.17) is 5.73 Å². The van der Waals surface area contributed by atoms with Crippen molar-refractivity contribution in [3.63, 3.8) is 0 Å². The van der Waals surface area contributed by atoms with Crippen molar-refractivity contribution >= 4 is 11.5 Å². The summed E-state index contributed by atoms with van der Waals surface area (Å²) in [6.07, 6.45) is 2.67. The van der Waals surface area contributed by atoms with Crippen molar-refractivity contribution < 1.29 is 0 Å². The predicted molar refractivity (Wildman–Crippen MR) is 78.5 cm³/mol. The van der Waals surface area contributed by atoms with Gasteiger partial charge in [0.25, 0.3) is 0 Å². The molecule has 0 bridgehead atoms. The Morgan fingerprint density at radius 3 is 2.74 bits per heavy atom. The highest BCUT2D eigenvalue weighted by Gasteiger charge is 2.33. The van der Waals surface area contributed by atoms with Gasteiger partial charge < -0.3 is 10.6 Å². The van der Waals surface area contributed by atoms with Crippen LogP contribution in [0.4, 0.5) is 11.5 Å². The Labute approximate surface area is 115 Å². The highest BCUT2D eigenvalue weighted by Crippen LogP contribution is 2.33. The molecule has 5 nitrogen and oxygen atoms in total. The lowest BCUT2D eigenvalue weighted by Gasteiger charge is -2.38. The van der Waals surface area contributed by atoms with Crippen LogP contribution in [0.1, 0.15) is 38.3 Å². The molecule has 19 heavy (non-hydrogen) atoms. The zero-order valence-electron chi connectivity index (χ0n) is 12.3. The minimum absolute atomic E-state index is 0.382. The molecule has 0 spiro atoms. The van der Waals surface area contributed by atoms with Crippen LogP contribution in [0.5, 0.6) is 0 Å². The van der Waals surface area contributed by atoms with Crippen molar-refractivity contribution in [2.75, 3.05) is 36.8 Å². The lowest BCUT2D eigenvalue weighted by Crippen LogP contribution is -2.50. The summed E-state index contributed by atoms with van der Waals surface area (Å²) < 4.78 is 1.97. The van der Waals surface area contributed by atoms with Crippen LogP contribution in [0.3, 0.4) is 0 Å². The maximum atomic E-state index is 6.33. The summed E-state index contributed by atoms with van der Waals surface area (Å²) in [5.41, 5.74) is 8.25. The Bertz CT molecular complexity index is 465.